The lowest BCUT2D eigenvalue weighted by molar-refractivity contribution is -0.435. The molecule has 0 atom stereocenters. The second kappa shape index (κ2) is 13.7. The molecule has 0 radical (unpaired) electrons. The lowest BCUT2D eigenvalue weighted by Crippen LogP contribution is -2.29. The summed E-state index contributed by atoms with van der Waals surface area (Å²) in [4.78, 5) is 25.5. The number of carbonyl (C=O) groups excluding carboxylic acids is 1. The fourth-order valence-electron chi connectivity index (χ4n) is 9.08. The Labute approximate surface area is 323 Å². The summed E-state index contributed by atoms with van der Waals surface area (Å²) in [6.07, 6.45) is 8.47. The summed E-state index contributed by atoms with van der Waals surface area (Å²) in [6.45, 7) is 10.6. The van der Waals surface area contributed by atoms with Crippen LogP contribution in [0.25, 0.3) is 43.1 Å². The molecule has 0 amide bonds. The van der Waals surface area contributed by atoms with Gasteiger partial charge in [-0.3, -0.25) is 9.59 Å². The summed E-state index contributed by atoms with van der Waals surface area (Å²) in [5.74, 6) is -0.828. The number of carbonyl (C=O) groups is 2. The molecule has 2 heterocycles. The smallest absolute Gasteiger partial charge is 0.309 e. The molecule has 0 bridgehead atoms. The zero-order chi connectivity index (χ0) is 37.8. The molecular weight excluding hydrogens is 736 g/mol. The third-order valence-corrected chi connectivity index (χ3v) is 11.8. The highest BCUT2D eigenvalue weighted by Crippen LogP contribution is 2.54. The molecule has 0 unspecified atom stereocenters. The summed E-state index contributed by atoms with van der Waals surface area (Å²) in [7, 11) is 0. The van der Waals surface area contributed by atoms with Crippen LogP contribution in [0.1, 0.15) is 45.2 Å². The zero-order valence-corrected chi connectivity index (χ0v) is 32.5. The number of hydrogen-bond acceptors (Lipinski definition) is 4. The van der Waals surface area contributed by atoms with Crippen LogP contribution in [0.4, 0.5) is 11.4 Å². The fourth-order valence-corrected chi connectivity index (χ4v) is 9.34. The topological polar surface area (TPSA) is 69.8 Å². The van der Waals surface area contributed by atoms with Gasteiger partial charge in [0.2, 0.25) is 5.69 Å². The molecule has 7 heteroatoms. The Morgan fingerprint density at radius 2 is 1.28 bits per heavy atom. The zero-order valence-electron chi connectivity index (χ0n) is 30.9. The van der Waals surface area contributed by atoms with Gasteiger partial charge in [-0.2, -0.15) is 4.58 Å². The maximum atomic E-state index is 12.0. The lowest BCUT2D eigenvalue weighted by atomic mass is 9.78. The van der Waals surface area contributed by atoms with Crippen LogP contribution in [0.2, 0.25) is 0 Å². The predicted octanol–water partition coefficient (Wildman–Crippen LogP) is 10.8. The van der Waals surface area contributed by atoms with Gasteiger partial charge in [-0.15, -0.1) is 0 Å². The molecule has 6 nitrogen and oxygen atoms in total. The molecule has 0 spiro atoms. The molecule has 0 fully saturated rings. The number of fused-ring (bicyclic) bond motifs is 12. The number of nitrogens with zero attached hydrogens (tertiary/aromatic N) is 2. The van der Waals surface area contributed by atoms with E-state index < -0.39 is 11.4 Å². The first kappa shape index (κ1) is 35.5. The van der Waals surface area contributed by atoms with Crippen LogP contribution in [-0.4, -0.2) is 47.5 Å². The molecule has 270 valence electrons. The largest absolute Gasteiger partial charge is 0.481 e. The van der Waals surface area contributed by atoms with E-state index in [0.29, 0.717) is 19.6 Å². The van der Waals surface area contributed by atoms with Crippen LogP contribution in [0.5, 0.6) is 0 Å². The van der Waals surface area contributed by atoms with Crippen LogP contribution in [0.3, 0.4) is 0 Å². The van der Waals surface area contributed by atoms with Crippen LogP contribution in [0, 0.1) is 0 Å². The van der Waals surface area contributed by atoms with Crippen LogP contribution >= 0.6 is 15.9 Å². The van der Waals surface area contributed by atoms with E-state index in [1.807, 2.05) is 0 Å². The Morgan fingerprint density at radius 3 is 1.87 bits per heavy atom. The average Bonchev–Trinajstić information content (AvgIpc) is 3.54. The summed E-state index contributed by atoms with van der Waals surface area (Å²) in [6, 6.07) is 34.1. The first-order valence-electron chi connectivity index (χ1n) is 18.4. The number of aliphatic carboxylic acids is 1. The molecule has 0 aliphatic carbocycles. The van der Waals surface area contributed by atoms with Gasteiger partial charge in [-0.25, -0.2) is 0 Å². The molecule has 1 N–H and O–H groups in total. The Kier molecular flexibility index (Phi) is 9.01. The second-order valence-corrected chi connectivity index (χ2v) is 16.0. The van der Waals surface area contributed by atoms with Crippen molar-refractivity contribution in [3.63, 3.8) is 0 Å². The minimum Gasteiger partial charge on any atom is -0.481 e. The molecule has 0 aromatic heterocycles. The molecule has 2 aliphatic rings. The number of halogens is 1. The van der Waals surface area contributed by atoms with E-state index in [-0.39, 0.29) is 18.4 Å². The standard InChI is InChI=1S/C47H41BrN2O4/c1-46(2)39(49(26-25-41(52)53)44-37-19-11-7-15-33(37)31-13-5-9-17-35(31)42(44)46)23-21-30(48)22-24-40-47(3,4)43-36-18-10-6-14-32(36)34-16-8-12-20-38(34)45(43)50(40)27-28-54-29-51/h5-24,29H,25-28H2,1-4H3/p+1. The van der Waals surface area contributed by atoms with Crippen molar-refractivity contribution in [2.24, 2.45) is 0 Å². The van der Waals surface area contributed by atoms with Crippen LogP contribution in [0.15, 0.2) is 132 Å². The number of ether oxygens (including phenoxy) is 1. The summed E-state index contributed by atoms with van der Waals surface area (Å²) in [5, 5.41) is 19.3. The summed E-state index contributed by atoms with van der Waals surface area (Å²) >= 11 is 3.88. The van der Waals surface area contributed by atoms with E-state index in [1.165, 1.54) is 38.1 Å². The van der Waals surface area contributed by atoms with Crippen LogP contribution < -0.4 is 4.90 Å². The number of carboxylic acid groups (broad SMARTS) is 1. The Balaban J connectivity index is 1.25. The van der Waals surface area contributed by atoms with Gasteiger partial charge in [0, 0.05) is 32.6 Å². The van der Waals surface area contributed by atoms with E-state index in [2.05, 4.69) is 174 Å². The minimum atomic E-state index is -0.828. The van der Waals surface area contributed by atoms with Gasteiger partial charge >= 0.3 is 5.97 Å². The third-order valence-electron chi connectivity index (χ3n) is 11.3. The highest BCUT2D eigenvalue weighted by atomic mass is 79.9. The molecule has 6 aromatic rings. The fraction of sp³-hybridized carbons (Fsp3) is 0.213. The predicted molar refractivity (Wildman–Crippen MR) is 225 cm³/mol. The number of allylic oxidation sites excluding steroid dienone is 6. The number of carboxylic acids is 1. The van der Waals surface area contributed by atoms with Crippen molar-refractivity contribution < 1.29 is 24.0 Å². The molecule has 8 rings (SSSR count). The second-order valence-electron chi connectivity index (χ2n) is 15.1. The highest BCUT2D eigenvalue weighted by Gasteiger charge is 2.47. The van der Waals surface area contributed by atoms with Crippen molar-refractivity contribution in [3.8, 4) is 0 Å². The third kappa shape index (κ3) is 5.64. The molecular formula is C47H42BrN2O4+. The number of benzene rings is 6. The Bertz CT molecular complexity index is 2660. The SMILES string of the molecule is CC1(C)C(/C=C/C(Br)=C/C=C2\N(CCOC=O)c3c(c4ccccc4c4ccccc34)C2(C)C)=[N+](CCC(=O)O)c2c1c1ccccc1c1ccccc21. The molecule has 54 heavy (non-hydrogen) atoms. The van der Waals surface area contributed by atoms with E-state index in [4.69, 9.17) is 4.74 Å². The van der Waals surface area contributed by atoms with E-state index in [0.717, 1.165) is 43.4 Å². The Hall–Kier alpha value is -5.53. The van der Waals surface area contributed by atoms with Gasteiger partial charge in [0.25, 0.3) is 6.47 Å². The van der Waals surface area contributed by atoms with E-state index >= 15 is 0 Å². The number of anilines is 1. The van der Waals surface area contributed by atoms with Gasteiger partial charge in [0.1, 0.15) is 13.0 Å². The lowest BCUT2D eigenvalue weighted by Gasteiger charge is -2.27. The molecule has 0 saturated carbocycles. The number of rotatable bonds is 10. The van der Waals surface area contributed by atoms with Gasteiger partial charge in [0.05, 0.1) is 23.0 Å². The van der Waals surface area contributed by atoms with Crippen molar-refractivity contribution in [2.45, 2.75) is 44.9 Å². The van der Waals surface area contributed by atoms with Crippen molar-refractivity contribution in [2.75, 3.05) is 24.6 Å². The van der Waals surface area contributed by atoms with Crippen molar-refractivity contribution in [3.05, 3.63) is 143 Å². The maximum Gasteiger partial charge on any atom is 0.309 e. The Morgan fingerprint density at radius 1 is 0.759 bits per heavy atom. The molecule has 2 aliphatic heterocycles. The first-order valence-corrected chi connectivity index (χ1v) is 19.2. The van der Waals surface area contributed by atoms with Crippen molar-refractivity contribution in [1.82, 2.24) is 0 Å². The van der Waals surface area contributed by atoms with Gasteiger partial charge in [-0.1, -0.05) is 121 Å². The highest BCUT2D eigenvalue weighted by molar-refractivity contribution is 9.11. The van der Waals surface area contributed by atoms with E-state index in [1.54, 1.807) is 0 Å². The number of hydrogen-bond donors (Lipinski definition) is 1. The average molecular weight is 779 g/mol. The maximum absolute atomic E-state index is 12.0. The molecule has 0 saturated heterocycles. The van der Waals surface area contributed by atoms with Gasteiger partial charge < -0.3 is 14.7 Å². The molecule has 6 aromatic carbocycles. The first-order chi connectivity index (χ1) is 26.1. The summed E-state index contributed by atoms with van der Waals surface area (Å²) in [5.41, 5.74) is 6.05. The van der Waals surface area contributed by atoms with Gasteiger partial charge in [0.15, 0.2) is 12.3 Å². The monoisotopic (exact) mass is 777 g/mol. The van der Waals surface area contributed by atoms with Crippen molar-refractivity contribution in [1.29, 1.82) is 0 Å². The normalized spacial score (nSPS) is 17.0. The quantitative estimate of drug-likeness (QED) is 0.0493. The van der Waals surface area contributed by atoms with Gasteiger partial charge in [-0.05, 0) is 76.0 Å². The minimum absolute atomic E-state index is 0.0137. The van der Waals surface area contributed by atoms with Crippen LogP contribution in [-0.2, 0) is 25.2 Å². The van der Waals surface area contributed by atoms with Crippen molar-refractivity contribution >= 4 is 88.5 Å². The van der Waals surface area contributed by atoms with E-state index in [9.17, 15) is 14.7 Å². The summed E-state index contributed by atoms with van der Waals surface area (Å²) < 4.78 is 8.35.